The van der Waals surface area contributed by atoms with Crippen LogP contribution >= 0.6 is 0 Å². The van der Waals surface area contributed by atoms with Gasteiger partial charge in [-0.15, -0.1) is 0 Å². The summed E-state index contributed by atoms with van der Waals surface area (Å²) in [5.41, 5.74) is 4.46. The first-order chi connectivity index (χ1) is 14.5. The summed E-state index contributed by atoms with van der Waals surface area (Å²) in [5, 5.41) is 1.08. The number of pyridine rings is 1. The van der Waals surface area contributed by atoms with Crippen molar-refractivity contribution in [2.24, 2.45) is 0 Å². The number of carbonyl (C=O) groups excluding carboxylic acids is 1. The molecule has 3 aromatic carbocycles. The SMILES string of the molecule is CCOC(=O)c1c(-c2ccc(C)cc2)n(-c2ccc(C)cc2)c(=O)c2ccccc12. The number of aryl methyl sites for hydroxylation is 2. The van der Waals surface area contributed by atoms with Crippen LogP contribution < -0.4 is 5.56 Å². The van der Waals surface area contributed by atoms with E-state index in [9.17, 15) is 9.59 Å². The number of esters is 1. The lowest BCUT2D eigenvalue weighted by atomic mass is 9.97. The summed E-state index contributed by atoms with van der Waals surface area (Å²) in [5.74, 6) is -0.440. The second-order valence-electron chi connectivity index (χ2n) is 7.33. The van der Waals surface area contributed by atoms with E-state index in [0.29, 0.717) is 27.7 Å². The van der Waals surface area contributed by atoms with Crippen LogP contribution in [0.5, 0.6) is 0 Å². The minimum atomic E-state index is -0.440. The van der Waals surface area contributed by atoms with Gasteiger partial charge in [-0.25, -0.2) is 4.79 Å². The van der Waals surface area contributed by atoms with Gasteiger partial charge in [-0.2, -0.15) is 0 Å². The summed E-state index contributed by atoms with van der Waals surface area (Å²) in [6.07, 6.45) is 0. The zero-order valence-electron chi connectivity index (χ0n) is 17.3. The van der Waals surface area contributed by atoms with Gasteiger partial charge < -0.3 is 4.74 Å². The summed E-state index contributed by atoms with van der Waals surface area (Å²) in [6.45, 7) is 6.03. The number of hydrogen-bond donors (Lipinski definition) is 0. The standard InChI is InChI=1S/C26H23NO3/c1-4-30-26(29)23-21-7-5-6-8-22(21)25(28)27(20-15-11-18(3)12-16-20)24(23)19-13-9-17(2)10-14-19/h5-16H,4H2,1-3H3. The fourth-order valence-corrected chi connectivity index (χ4v) is 3.68. The van der Waals surface area contributed by atoms with E-state index in [4.69, 9.17) is 4.74 Å². The van der Waals surface area contributed by atoms with Crippen LogP contribution in [0.2, 0.25) is 0 Å². The number of carbonyl (C=O) groups is 1. The molecule has 0 fully saturated rings. The van der Waals surface area contributed by atoms with E-state index in [1.165, 1.54) is 0 Å². The van der Waals surface area contributed by atoms with Crippen LogP contribution in [0.25, 0.3) is 27.7 Å². The molecule has 150 valence electrons. The molecule has 4 heteroatoms. The molecule has 1 aromatic heterocycles. The Hall–Kier alpha value is -3.66. The highest BCUT2D eigenvalue weighted by Gasteiger charge is 2.24. The highest BCUT2D eigenvalue weighted by atomic mass is 16.5. The van der Waals surface area contributed by atoms with E-state index in [0.717, 1.165) is 16.7 Å². The molecule has 0 saturated heterocycles. The van der Waals surface area contributed by atoms with Crippen molar-refractivity contribution in [2.75, 3.05) is 6.61 Å². The maximum absolute atomic E-state index is 13.6. The number of rotatable bonds is 4. The van der Waals surface area contributed by atoms with E-state index >= 15 is 0 Å². The van der Waals surface area contributed by atoms with E-state index in [1.807, 2.05) is 74.5 Å². The molecule has 0 atom stereocenters. The third-order valence-electron chi connectivity index (χ3n) is 5.19. The van der Waals surface area contributed by atoms with Gasteiger partial charge in [-0.1, -0.05) is 65.7 Å². The second kappa shape index (κ2) is 7.99. The van der Waals surface area contributed by atoms with Crippen LogP contribution in [-0.4, -0.2) is 17.1 Å². The van der Waals surface area contributed by atoms with Crippen molar-refractivity contribution < 1.29 is 9.53 Å². The molecule has 0 amide bonds. The Kier molecular flexibility index (Phi) is 5.23. The molecule has 4 rings (SSSR count). The van der Waals surface area contributed by atoms with Crippen LogP contribution in [-0.2, 0) is 4.74 Å². The summed E-state index contributed by atoms with van der Waals surface area (Å²) >= 11 is 0. The number of benzene rings is 3. The summed E-state index contributed by atoms with van der Waals surface area (Å²) in [6, 6.07) is 22.7. The molecule has 30 heavy (non-hydrogen) atoms. The van der Waals surface area contributed by atoms with Gasteiger partial charge >= 0.3 is 5.97 Å². The largest absolute Gasteiger partial charge is 0.462 e. The molecule has 0 saturated carbocycles. The highest BCUT2D eigenvalue weighted by Crippen LogP contribution is 2.31. The molecule has 0 aliphatic heterocycles. The lowest BCUT2D eigenvalue weighted by molar-refractivity contribution is 0.0529. The first-order valence-electron chi connectivity index (χ1n) is 10.00. The first kappa shape index (κ1) is 19.6. The van der Waals surface area contributed by atoms with Gasteiger partial charge in [0.15, 0.2) is 0 Å². The number of aromatic nitrogens is 1. The fraction of sp³-hybridized carbons (Fsp3) is 0.154. The fourth-order valence-electron chi connectivity index (χ4n) is 3.68. The molecular weight excluding hydrogens is 374 g/mol. The van der Waals surface area contributed by atoms with Crippen LogP contribution in [0.4, 0.5) is 0 Å². The van der Waals surface area contributed by atoms with Crippen molar-refractivity contribution in [3.05, 3.63) is 99.8 Å². The average molecular weight is 397 g/mol. The van der Waals surface area contributed by atoms with Crippen LogP contribution in [0.15, 0.2) is 77.6 Å². The number of ether oxygens (including phenoxy) is 1. The van der Waals surface area contributed by atoms with Crippen molar-refractivity contribution in [3.8, 4) is 16.9 Å². The van der Waals surface area contributed by atoms with Crippen molar-refractivity contribution in [3.63, 3.8) is 0 Å². The smallest absolute Gasteiger partial charge is 0.340 e. The van der Waals surface area contributed by atoms with Gasteiger partial charge in [0.1, 0.15) is 0 Å². The molecule has 4 nitrogen and oxygen atoms in total. The van der Waals surface area contributed by atoms with Crippen LogP contribution in [0.1, 0.15) is 28.4 Å². The lowest BCUT2D eigenvalue weighted by Crippen LogP contribution is -2.24. The van der Waals surface area contributed by atoms with Crippen molar-refractivity contribution in [1.29, 1.82) is 0 Å². The molecule has 0 unspecified atom stereocenters. The van der Waals surface area contributed by atoms with Gasteiger partial charge in [-0.3, -0.25) is 9.36 Å². The monoisotopic (exact) mass is 397 g/mol. The Morgan fingerprint density at radius 3 is 2.00 bits per heavy atom. The molecular formula is C26H23NO3. The Labute approximate surface area is 175 Å². The number of fused-ring (bicyclic) bond motifs is 1. The Balaban J connectivity index is 2.20. The van der Waals surface area contributed by atoms with E-state index in [-0.39, 0.29) is 12.2 Å². The highest BCUT2D eigenvalue weighted by molar-refractivity contribution is 6.09. The molecule has 1 heterocycles. The van der Waals surface area contributed by atoms with Crippen molar-refractivity contribution >= 4 is 16.7 Å². The molecule has 0 aliphatic carbocycles. The predicted octanol–water partition coefficient (Wildman–Crippen LogP) is 5.45. The number of hydrogen-bond acceptors (Lipinski definition) is 3. The first-order valence-corrected chi connectivity index (χ1v) is 10.00. The van der Waals surface area contributed by atoms with Gasteiger partial charge in [0.25, 0.3) is 5.56 Å². The lowest BCUT2D eigenvalue weighted by Gasteiger charge is -2.19. The zero-order valence-corrected chi connectivity index (χ0v) is 17.3. The number of nitrogens with zero attached hydrogens (tertiary/aromatic N) is 1. The van der Waals surface area contributed by atoms with Gasteiger partial charge in [0, 0.05) is 16.5 Å². The van der Waals surface area contributed by atoms with Crippen molar-refractivity contribution in [1.82, 2.24) is 4.57 Å². The van der Waals surface area contributed by atoms with Crippen molar-refractivity contribution in [2.45, 2.75) is 20.8 Å². The van der Waals surface area contributed by atoms with E-state index < -0.39 is 5.97 Å². The molecule has 0 bridgehead atoms. The minimum absolute atomic E-state index is 0.168. The normalized spacial score (nSPS) is 10.9. The Bertz CT molecular complexity index is 1280. The topological polar surface area (TPSA) is 48.3 Å². The maximum Gasteiger partial charge on any atom is 0.340 e. The third-order valence-corrected chi connectivity index (χ3v) is 5.19. The van der Waals surface area contributed by atoms with E-state index in [2.05, 4.69) is 0 Å². The summed E-state index contributed by atoms with van der Waals surface area (Å²) in [4.78, 5) is 26.7. The maximum atomic E-state index is 13.6. The molecule has 4 aromatic rings. The van der Waals surface area contributed by atoms with Gasteiger partial charge in [0.05, 0.1) is 17.9 Å². The quantitative estimate of drug-likeness (QED) is 0.430. The second-order valence-corrected chi connectivity index (χ2v) is 7.33. The molecule has 0 radical (unpaired) electrons. The summed E-state index contributed by atoms with van der Waals surface area (Å²) < 4.78 is 7.04. The summed E-state index contributed by atoms with van der Waals surface area (Å²) in [7, 11) is 0. The minimum Gasteiger partial charge on any atom is -0.462 e. The van der Waals surface area contributed by atoms with Gasteiger partial charge in [0.2, 0.25) is 0 Å². The predicted molar refractivity (Wildman–Crippen MR) is 120 cm³/mol. The third kappa shape index (κ3) is 3.41. The van der Waals surface area contributed by atoms with Crippen LogP contribution in [0.3, 0.4) is 0 Å². The zero-order chi connectivity index (χ0) is 21.3. The Morgan fingerprint density at radius 2 is 1.40 bits per heavy atom. The molecule has 0 spiro atoms. The Morgan fingerprint density at radius 1 is 0.833 bits per heavy atom. The van der Waals surface area contributed by atoms with Crippen LogP contribution in [0, 0.1) is 13.8 Å². The molecule has 0 N–H and O–H groups in total. The van der Waals surface area contributed by atoms with E-state index in [1.54, 1.807) is 23.6 Å². The van der Waals surface area contributed by atoms with Gasteiger partial charge in [-0.05, 0) is 44.5 Å². The molecule has 0 aliphatic rings. The average Bonchev–Trinajstić information content (AvgIpc) is 2.75.